The van der Waals surface area contributed by atoms with E-state index in [0.29, 0.717) is 5.57 Å². The van der Waals surface area contributed by atoms with Gasteiger partial charge in [0, 0.05) is 0 Å². The highest BCUT2D eigenvalue weighted by atomic mass is 32.2. The predicted octanol–water partition coefficient (Wildman–Crippen LogP) is 2.25. The van der Waals surface area contributed by atoms with Crippen LogP contribution in [0.15, 0.2) is 11.6 Å². The minimum absolute atomic E-state index is 0.563. The van der Waals surface area contributed by atoms with Crippen molar-refractivity contribution in [3.05, 3.63) is 11.6 Å². The van der Waals surface area contributed by atoms with Gasteiger partial charge in [-0.3, -0.25) is 4.18 Å². The van der Waals surface area contributed by atoms with Gasteiger partial charge in [-0.1, -0.05) is 11.6 Å². The van der Waals surface area contributed by atoms with Gasteiger partial charge in [0.05, 0.1) is 12.7 Å². The van der Waals surface area contributed by atoms with E-state index in [1.54, 1.807) is 13.8 Å². The topological polar surface area (TPSA) is 43.4 Å². The molecule has 0 saturated heterocycles. The van der Waals surface area contributed by atoms with Crippen LogP contribution in [-0.2, 0) is 14.3 Å². The molecule has 0 aliphatic carbocycles. The lowest BCUT2D eigenvalue weighted by Crippen LogP contribution is -2.23. The Labute approximate surface area is 87.0 Å². The van der Waals surface area contributed by atoms with Crippen molar-refractivity contribution in [3.63, 3.8) is 0 Å². The van der Waals surface area contributed by atoms with E-state index in [4.69, 9.17) is 0 Å². The van der Waals surface area contributed by atoms with Crippen molar-refractivity contribution in [1.82, 2.24) is 0 Å². The molecule has 0 saturated carbocycles. The maximum Gasteiger partial charge on any atom is 0.391 e. The van der Waals surface area contributed by atoms with Crippen LogP contribution in [0.1, 0.15) is 20.3 Å². The van der Waals surface area contributed by atoms with E-state index in [1.165, 1.54) is 0 Å². The zero-order valence-corrected chi connectivity index (χ0v) is 9.45. The lowest BCUT2D eigenvalue weighted by molar-refractivity contribution is -0.145. The summed E-state index contributed by atoms with van der Waals surface area (Å²) in [6.45, 7) is 3.13. The van der Waals surface area contributed by atoms with Crippen LogP contribution < -0.4 is 0 Å². The van der Waals surface area contributed by atoms with Gasteiger partial charge in [0.1, 0.15) is 6.10 Å². The summed E-state index contributed by atoms with van der Waals surface area (Å²) in [5.41, 5.74) is 0.563. The Morgan fingerprint density at radius 2 is 1.87 bits per heavy atom. The molecule has 0 bridgehead atoms. The Balaban J connectivity index is 4.69. The first kappa shape index (κ1) is 14.4. The van der Waals surface area contributed by atoms with Crippen LogP contribution in [0.2, 0.25) is 0 Å². The second kappa shape index (κ2) is 4.98. The number of rotatable bonds is 4. The molecule has 0 aromatic carbocycles. The molecule has 0 aliphatic rings. The Hall–Kier alpha value is -0.560. The average molecular weight is 246 g/mol. The number of hydrogen-bond acceptors (Lipinski definition) is 3. The fourth-order valence-corrected chi connectivity index (χ4v) is 1.52. The van der Waals surface area contributed by atoms with Crippen molar-refractivity contribution in [2.24, 2.45) is 0 Å². The first-order valence-corrected chi connectivity index (χ1v) is 5.91. The van der Waals surface area contributed by atoms with E-state index in [2.05, 4.69) is 4.18 Å². The smallest absolute Gasteiger partial charge is 0.262 e. The number of hydrogen-bond donors (Lipinski definition) is 0. The summed E-state index contributed by atoms with van der Waals surface area (Å²) in [6.07, 6.45) is -5.40. The highest BCUT2D eigenvalue weighted by molar-refractivity contribution is 7.86. The normalized spacial score (nSPS) is 14.8. The summed E-state index contributed by atoms with van der Waals surface area (Å²) in [5, 5.41) is 0. The van der Waals surface area contributed by atoms with E-state index >= 15 is 0 Å². The molecule has 0 aliphatic heterocycles. The summed E-state index contributed by atoms with van der Waals surface area (Å²) in [4.78, 5) is 0. The molecule has 3 nitrogen and oxygen atoms in total. The van der Waals surface area contributed by atoms with Gasteiger partial charge in [-0.2, -0.15) is 21.6 Å². The zero-order chi connectivity index (χ0) is 12.3. The van der Waals surface area contributed by atoms with Gasteiger partial charge in [-0.15, -0.1) is 0 Å². The van der Waals surface area contributed by atoms with Crippen molar-refractivity contribution in [2.75, 3.05) is 6.26 Å². The fraction of sp³-hybridized carbons (Fsp3) is 0.750. The number of allylic oxidation sites excluding steroid dienone is 1. The van der Waals surface area contributed by atoms with Crippen LogP contribution in [0, 0.1) is 0 Å². The number of alkyl halides is 3. The third kappa shape index (κ3) is 9.74. The van der Waals surface area contributed by atoms with Gasteiger partial charge >= 0.3 is 6.18 Å². The monoisotopic (exact) mass is 246 g/mol. The lowest BCUT2D eigenvalue weighted by Gasteiger charge is -2.15. The zero-order valence-electron chi connectivity index (χ0n) is 8.63. The van der Waals surface area contributed by atoms with Crippen LogP contribution in [0.3, 0.4) is 0 Å². The molecule has 1 unspecified atom stereocenters. The van der Waals surface area contributed by atoms with Crippen LogP contribution in [0.5, 0.6) is 0 Å². The molecule has 1 atom stereocenters. The third-order valence-corrected chi connectivity index (χ3v) is 1.85. The molecule has 0 N–H and O–H groups in total. The van der Waals surface area contributed by atoms with Crippen LogP contribution in [0.4, 0.5) is 13.2 Å². The molecule has 0 fully saturated rings. The Morgan fingerprint density at radius 3 is 2.13 bits per heavy atom. The van der Waals surface area contributed by atoms with Gasteiger partial charge in [0.15, 0.2) is 0 Å². The van der Waals surface area contributed by atoms with Crippen LogP contribution in [0.25, 0.3) is 0 Å². The summed E-state index contributed by atoms with van der Waals surface area (Å²) in [6, 6.07) is 0. The molecule has 7 heteroatoms. The molecular formula is C8H13F3O3S. The molecule has 0 aromatic rings. The van der Waals surface area contributed by atoms with Gasteiger partial charge in [0.25, 0.3) is 10.1 Å². The molecule has 0 spiro atoms. The minimum atomic E-state index is -4.46. The largest absolute Gasteiger partial charge is 0.391 e. The van der Waals surface area contributed by atoms with Gasteiger partial charge < -0.3 is 0 Å². The molecule has 90 valence electrons. The lowest BCUT2D eigenvalue weighted by atomic mass is 10.2. The van der Waals surface area contributed by atoms with Crippen molar-refractivity contribution in [2.45, 2.75) is 32.5 Å². The Bertz CT molecular complexity index is 326. The Morgan fingerprint density at radius 1 is 1.40 bits per heavy atom. The fourth-order valence-electron chi connectivity index (χ4n) is 0.945. The van der Waals surface area contributed by atoms with Crippen molar-refractivity contribution >= 4 is 10.1 Å². The molecule has 0 radical (unpaired) electrons. The molecule has 0 amide bonds. The van der Waals surface area contributed by atoms with Crippen molar-refractivity contribution in [3.8, 4) is 0 Å². The van der Waals surface area contributed by atoms with E-state index in [9.17, 15) is 21.6 Å². The summed E-state index contributed by atoms with van der Waals surface area (Å²) < 4.78 is 61.8. The van der Waals surface area contributed by atoms with E-state index < -0.39 is 28.8 Å². The molecule has 0 aromatic heterocycles. The third-order valence-electron chi connectivity index (χ3n) is 1.25. The molecular weight excluding hydrogens is 233 g/mol. The second-order valence-corrected chi connectivity index (χ2v) is 5.00. The van der Waals surface area contributed by atoms with Gasteiger partial charge in [-0.25, -0.2) is 0 Å². The van der Waals surface area contributed by atoms with Crippen LogP contribution >= 0.6 is 0 Å². The summed E-state index contributed by atoms with van der Waals surface area (Å²) in [7, 11) is -3.89. The van der Waals surface area contributed by atoms with E-state index in [-0.39, 0.29) is 0 Å². The van der Waals surface area contributed by atoms with Gasteiger partial charge in [0.2, 0.25) is 0 Å². The maximum absolute atomic E-state index is 12.0. The first-order valence-electron chi connectivity index (χ1n) is 4.09. The first-order chi connectivity index (χ1) is 6.49. The predicted molar refractivity (Wildman–Crippen MR) is 49.8 cm³/mol. The minimum Gasteiger partial charge on any atom is -0.262 e. The van der Waals surface area contributed by atoms with Crippen molar-refractivity contribution < 1.29 is 25.8 Å². The maximum atomic E-state index is 12.0. The van der Waals surface area contributed by atoms with E-state index in [0.717, 1.165) is 12.3 Å². The molecule has 0 rings (SSSR count). The summed E-state index contributed by atoms with van der Waals surface area (Å²) in [5.74, 6) is 0. The number of halogens is 3. The van der Waals surface area contributed by atoms with Crippen LogP contribution in [-0.4, -0.2) is 27.0 Å². The highest BCUT2D eigenvalue weighted by Crippen LogP contribution is 2.24. The highest BCUT2D eigenvalue weighted by Gasteiger charge is 2.33. The molecule has 15 heavy (non-hydrogen) atoms. The molecule has 0 heterocycles. The van der Waals surface area contributed by atoms with E-state index in [1.807, 2.05) is 0 Å². The quantitative estimate of drug-likeness (QED) is 0.564. The standard InChI is InChI=1S/C8H13F3O3S/c1-6(2)4-7(5-8(9,10)11)14-15(3,12)13/h4,7H,5H2,1-3H3. The average Bonchev–Trinajstić information content (AvgIpc) is 1.73. The van der Waals surface area contributed by atoms with Crippen molar-refractivity contribution in [1.29, 1.82) is 0 Å². The second-order valence-electron chi connectivity index (χ2n) is 3.40. The SMILES string of the molecule is CC(C)=CC(CC(F)(F)F)OS(C)(=O)=O. The Kier molecular flexibility index (Phi) is 4.79. The summed E-state index contributed by atoms with van der Waals surface area (Å²) >= 11 is 0. The van der Waals surface area contributed by atoms with Gasteiger partial charge in [-0.05, 0) is 13.8 Å².